The molecule has 0 saturated carbocycles. The van der Waals surface area contributed by atoms with E-state index in [1.165, 1.54) is 48.8 Å². The summed E-state index contributed by atoms with van der Waals surface area (Å²) in [6.07, 6.45) is 10.3. The van der Waals surface area contributed by atoms with Crippen LogP contribution < -0.4 is 10.1 Å². The summed E-state index contributed by atoms with van der Waals surface area (Å²) >= 11 is 0. The monoisotopic (exact) mass is 454 g/mol. The predicted octanol–water partition coefficient (Wildman–Crippen LogP) is 5.07. The fraction of sp³-hybridized carbons (Fsp3) is 0.571. The summed E-state index contributed by atoms with van der Waals surface area (Å²) in [6.45, 7) is 6.66. The molecule has 0 spiro atoms. The van der Waals surface area contributed by atoms with Gasteiger partial charge in [0.15, 0.2) is 11.5 Å². The number of nitrogens with zero attached hydrogens (tertiary/aromatic N) is 1. The van der Waals surface area contributed by atoms with Crippen LogP contribution in [0.5, 0.6) is 17.2 Å². The van der Waals surface area contributed by atoms with Crippen molar-refractivity contribution >= 4 is 0 Å². The van der Waals surface area contributed by atoms with E-state index in [1.807, 2.05) is 12.1 Å². The van der Waals surface area contributed by atoms with Gasteiger partial charge in [0.2, 0.25) is 0 Å². The lowest BCUT2D eigenvalue weighted by Gasteiger charge is -2.35. The van der Waals surface area contributed by atoms with Gasteiger partial charge >= 0.3 is 0 Å². The Morgan fingerprint density at radius 1 is 0.939 bits per heavy atom. The molecule has 2 aromatic rings. The average Bonchev–Trinajstić information content (AvgIpc) is 2.83. The molecule has 1 aliphatic carbocycles. The number of hydrogen-bond donors (Lipinski definition) is 3. The predicted molar refractivity (Wildman–Crippen MR) is 135 cm³/mol. The van der Waals surface area contributed by atoms with Crippen LogP contribution in [0.15, 0.2) is 36.4 Å². The minimum atomic E-state index is 0.00726. The molecule has 0 aromatic heterocycles. The van der Waals surface area contributed by atoms with Crippen LogP contribution in [0.1, 0.15) is 62.1 Å². The molecule has 182 valence electrons. The molecule has 0 radical (unpaired) electrons. The number of phenols is 2. The lowest BCUT2D eigenvalue weighted by atomic mass is 9.87. The van der Waals surface area contributed by atoms with Gasteiger partial charge in [0, 0.05) is 6.04 Å². The third kappa shape index (κ3) is 7.94. The SMILES string of the molecule is CCCN(CCCCCCNCCc1ccc(OC)cc1)[C@@H]1CCc2cc(O)c(O)cc2C1. The second kappa shape index (κ2) is 13.5. The minimum Gasteiger partial charge on any atom is -0.504 e. The number of aryl methyl sites for hydroxylation is 1. The summed E-state index contributed by atoms with van der Waals surface area (Å²) in [5.74, 6) is 0.930. The number of rotatable bonds is 14. The third-order valence-electron chi connectivity index (χ3n) is 6.82. The standard InChI is InChI=1S/C28H42N2O3/c1-3-17-30(25-11-10-23-20-27(31)28(32)21-24(23)19-25)18-7-5-4-6-15-29-16-14-22-8-12-26(33-2)13-9-22/h8-9,12-13,20-21,25,29,31-32H,3-7,10-11,14-19H2,1-2H3/t25-/m1/s1. The summed E-state index contributed by atoms with van der Waals surface area (Å²) in [5, 5.41) is 23.2. The summed E-state index contributed by atoms with van der Waals surface area (Å²) in [5.41, 5.74) is 3.73. The molecular weight excluding hydrogens is 412 g/mol. The number of methoxy groups -OCH3 is 1. The van der Waals surface area contributed by atoms with Crippen LogP contribution in [0.3, 0.4) is 0 Å². The van der Waals surface area contributed by atoms with Crippen LogP contribution in [0, 0.1) is 0 Å². The second-order valence-electron chi connectivity index (χ2n) is 9.30. The molecule has 33 heavy (non-hydrogen) atoms. The Morgan fingerprint density at radius 3 is 2.39 bits per heavy atom. The van der Waals surface area contributed by atoms with Crippen molar-refractivity contribution < 1.29 is 14.9 Å². The molecule has 0 heterocycles. The van der Waals surface area contributed by atoms with E-state index in [0.29, 0.717) is 6.04 Å². The average molecular weight is 455 g/mol. The van der Waals surface area contributed by atoms with Gasteiger partial charge < -0.3 is 25.2 Å². The zero-order valence-corrected chi connectivity index (χ0v) is 20.5. The molecule has 0 amide bonds. The van der Waals surface area contributed by atoms with E-state index in [9.17, 15) is 10.2 Å². The number of unbranched alkanes of at least 4 members (excludes halogenated alkanes) is 3. The molecule has 5 heteroatoms. The molecular formula is C28H42N2O3. The smallest absolute Gasteiger partial charge is 0.157 e. The highest BCUT2D eigenvalue weighted by Gasteiger charge is 2.24. The first-order chi connectivity index (χ1) is 16.1. The molecule has 0 bridgehead atoms. The van der Waals surface area contributed by atoms with Crippen molar-refractivity contribution in [2.45, 2.75) is 70.8 Å². The first kappa shape index (κ1) is 25.4. The molecule has 3 rings (SSSR count). The topological polar surface area (TPSA) is 65.0 Å². The number of fused-ring (bicyclic) bond motifs is 1. The van der Waals surface area contributed by atoms with E-state index in [4.69, 9.17) is 4.74 Å². The molecule has 5 nitrogen and oxygen atoms in total. The molecule has 0 unspecified atom stereocenters. The van der Waals surface area contributed by atoms with Crippen LogP contribution in [-0.4, -0.2) is 54.4 Å². The number of hydrogen-bond acceptors (Lipinski definition) is 5. The number of aromatic hydroxyl groups is 2. The van der Waals surface area contributed by atoms with Gasteiger partial charge in [-0.15, -0.1) is 0 Å². The maximum absolute atomic E-state index is 9.89. The van der Waals surface area contributed by atoms with Crippen molar-refractivity contribution in [3.05, 3.63) is 53.1 Å². The largest absolute Gasteiger partial charge is 0.504 e. The molecule has 3 N–H and O–H groups in total. The number of ether oxygens (including phenoxy) is 1. The highest BCUT2D eigenvalue weighted by Crippen LogP contribution is 2.33. The van der Waals surface area contributed by atoms with E-state index in [0.717, 1.165) is 57.6 Å². The zero-order chi connectivity index (χ0) is 23.5. The first-order valence-electron chi connectivity index (χ1n) is 12.7. The maximum Gasteiger partial charge on any atom is 0.157 e. The molecule has 2 aromatic carbocycles. The maximum atomic E-state index is 9.89. The lowest BCUT2D eigenvalue weighted by Crippen LogP contribution is -2.40. The Labute approximate surface area is 199 Å². The third-order valence-corrected chi connectivity index (χ3v) is 6.82. The van der Waals surface area contributed by atoms with Crippen molar-refractivity contribution in [2.75, 3.05) is 33.3 Å². The highest BCUT2D eigenvalue weighted by atomic mass is 16.5. The molecule has 0 fully saturated rings. The fourth-order valence-corrected chi connectivity index (χ4v) is 4.91. The van der Waals surface area contributed by atoms with Gasteiger partial charge in [0.1, 0.15) is 5.75 Å². The summed E-state index contributed by atoms with van der Waals surface area (Å²) in [7, 11) is 1.70. The van der Waals surface area contributed by atoms with Gasteiger partial charge in [-0.1, -0.05) is 31.9 Å². The van der Waals surface area contributed by atoms with E-state index in [-0.39, 0.29) is 11.5 Å². The molecule has 1 atom stereocenters. The number of benzene rings is 2. The summed E-state index contributed by atoms with van der Waals surface area (Å²) < 4.78 is 5.21. The Morgan fingerprint density at radius 2 is 1.67 bits per heavy atom. The number of phenolic OH excluding ortho intramolecular Hbond substituents is 2. The molecule has 1 aliphatic rings. The van der Waals surface area contributed by atoms with E-state index in [2.05, 4.69) is 29.3 Å². The normalized spacial score (nSPS) is 15.5. The van der Waals surface area contributed by atoms with Gasteiger partial charge in [-0.05, 0) is 112 Å². The Hall–Kier alpha value is -2.24. The van der Waals surface area contributed by atoms with Gasteiger partial charge in [0.25, 0.3) is 0 Å². The Balaban J connectivity index is 1.29. The van der Waals surface area contributed by atoms with Crippen molar-refractivity contribution in [3.63, 3.8) is 0 Å². The van der Waals surface area contributed by atoms with Gasteiger partial charge in [-0.25, -0.2) is 0 Å². The molecule has 0 saturated heterocycles. The van der Waals surface area contributed by atoms with E-state index < -0.39 is 0 Å². The van der Waals surface area contributed by atoms with Crippen LogP contribution in [0.25, 0.3) is 0 Å². The van der Waals surface area contributed by atoms with Crippen LogP contribution in [0.4, 0.5) is 0 Å². The van der Waals surface area contributed by atoms with Crippen LogP contribution in [-0.2, 0) is 19.3 Å². The van der Waals surface area contributed by atoms with Gasteiger partial charge in [-0.2, -0.15) is 0 Å². The van der Waals surface area contributed by atoms with Gasteiger partial charge in [0.05, 0.1) is 7.11 Å². The Bertz CT molecular complexity index is 838. The summed E-state index contributed by atoms with van der Waals surface area (Å²) in [4.78, 5) is 2.65. The summed E-state index contributed by atoms with van der Waals surface area (Å²) in [6, 6.07) is 12.4. The molecule has 0 aliphatic heterocycles. The lowest BCUT2D eigenvalue weighted by molar-refractivity contribution is 0.176. The van der Waals surface area contributed by atoms with Crippen molar-refractivity contribution in [2.24, 2.45) is 0 Å². The first-order valence-corrected chi connectivity index (χ1v) is 12.7. The van der Waals surface area contributed by atoms with Gasteiger partial charge in [-0.3, -0.25) is 0 Å². The number of nitrogens with one attached hydrogen (secondary N) is 1. The zero-order valence-electron chi connectivity index (χ0n) is 20.5. The second-order valence-corrected chi connectivity index (χ2v) is 9.30. The van der Waals surface area contributed by atoms with Crippen LogP contribution in [0.2, 0.25) is 0 Å². The van der Waals surface area contributed by atoms with E-state index >= 15 is 0 Å². The Kier molecular flexibility index (Phi) is 10.4. The highest BCUT2D eigenvalue weighted by molar-refractivity contribution is 5.46. The quantitative estimate of drug-likeness (QED) is 0.275. The van der Waals surface area contributed by atoms with Crippen LogP contribution >= 0.6 is 0 Å². The van der Waals surface area contributed by atoms with Crippen molar-refractivity contribution in [3.8, 4) is 17.2 Å². The minimum absolute atomic E-state index is 0.00726. The van der Waals surface area contributed by atoms with E-state index in [1.54, 1.807) is 19.2 Å². The van der Waals surface area contributed by atoms with Crippen molar-refractivity contribution in [1.82, 2.24) is 10.2 Å². The fourth-order valence-electron chi connectivity index (χ4n) is 4.91. The van der Waals surface area contributed by atoms with Crippen molar-refractivity contribution in [1.29, 1.82) is 0 Å².